The highest BCUT2D eigenvalue weighted by Crippen LogP contribution is 2.50. The van der Waals surface area contributed by atoms with Crippen molar-refractivity contribution in [3.8, 4) is 22.3 Å². The lowest BCUT2D eigenvalue weighted by Crippen LogP contribution is -2.13. The van der Waals surface area contributed by atoms with Crippen LogP contribution in [0.15, 0.2) is 180 Å². The van der Waals surface area contributed by atoms with Gasteiger partial charge in [0, 0.05) is 42.1 Å². The summed E-state index contributed by atoms with van der Waals surface area (Å²) in [5, 5.41) is 7.26. The van der Waals surface area contributed by atoms with Crippen molar-refractivity contribution >= 4 is 81.3 Å². The standard InChI is InChI=1S/C46H29NOS/c1-2-15-32-30(13-1)14-11-20-34(32)35-17-4-8-22-40(35)47(41-23-12-26-45-46(41)38-19-6-10-25-44(38)49-45)39-21-7-3-16-33(39)31-27-28-37-36-18-5-9-24-42(36)48-43(37)29-31/h1-29H. The molecule has 0 atom stereocenters. The zero-order valence-electron chi connectivity index (χ0n) is 26.5. The summed E-state index contributed by atoms with van der Waals surface area (Å²) in [6.45, 7) is 0. The van der Waals surface area contributed by atoms with E-state index in [1.165, 1.54) is 42.1 Å². The van der Waals surface area contributed by atoms with Gasteiger partial charge in [-0.3, -0.25) is 0 Å². The molecule has 0 aliphatic heterocycles. The molecule has 3 heteroatoms. The minimum absolute atomic E-state index is 0.891. The molecule has 0 spiro atoms. The second-order valence-electron chi connectivity index (χ2n) is 12.5. The average molecular weight is 644 g/mol. The first kappa shape index (κ1) is 27.9. The average Bonchev–Trinajstić information content (AvgIpc) is 3.74. The number of hydrogen-bond acceptors (Lipinski definition) is 3. The number of furan rings is 1. The van der Waals surface area contributed by atoms with E-state index in [4.69, 9.17) is 4.42 Å². The summed E-state index contributed by atoms with van der Waals surface area (Å²) in [5.74, 6) is 0. The monoisotopic (exact) mass is 643 g/mol. The topological polar surface area (TPSA) is 16.4 Å². The maximum Gasteiger partial charge on any atom is 0.136 e. The van der Waals surface area contributed by atoms with Gasteiger partial charge in [0.25, 0.3) is 0 Å². The van der Waals surface area contributed by atoms with Crippen LogP contribution in [0.5, 0.6) is 0 Å². The van der Waals surface area contributed by atoms with Crippen LogP contribution in [0.2, 0.25) is 0 Å². The molecule has 0 saturated heterocycles. The van der Waals surface area contributed by atoms with E-state index in [-0.39, 0.29) is 0 Å². The molecule has 0 fully saturated rings. The molecule has 0 radical (unpaired) electrons. The predicted octanol–water partition coefficient (Wildman–Crippen LogP) is 13.9. The van der Waals surface area contributed by atoms with Crippen molar-refractivity contribution in [2.24, 2.45) is 0 Å². The van der Waals surface area contributed by atoms with Gasteiger partial charge in [-0.1, -0.05) is 127 Å². The zero-order chi connectivity index (χ0) is 32.3. The van der Waals surface area contributed by atoms with Crippen LogP contribution in [0.25, 0.3) is 75.1 Å². The van der Waals surface area contributed by atoms with E-state index in [2.05, 4.69) is 169 Å². The van der Waals surface area contributed by atoms with Crippen molar-refractivity contribution < 1.29 is 4.42 Å². The quantitative estimate of drug-likeness (QED) is 0.186. The molecule has 0 aliphatic carbocycles. The number of thiophene rings is 1. The number of hydrogen-bond donors (Lipinski definition) is 0. The second kappa shape index (κ2) is 11.2. The molecule has 8 aromatic carbocycles. The van der Waals surface area contributed by atoms with Crippen LogP contribution in [0.4, 0.5) is 17.1 Å². The Hall–Kier alpha value is -6.16. The van der Waals surface area contributed by atoms with Crippen molar-refractivity contribution in [2.75, 3.05) is 4.90 Å². The van der Waals surface area contributed by atoms with Crippen LogP contribution in [0.1, 0.15) is 0 Å². The summed E-state index contributed by atoms with van der Waals surface area (Å²) < 4.78 is 8.94. The maximum atomic E-state index is 6.39. The minimum atomic E-state index is 0.891. The van der Waals surface area contributed by atoms with Crippen LogP contribution in [0.3, 0.4) is 0 Å². The van der Waals surface area contributed by atoms with E-state index in [1.807, 2.05) is 23.5 Å². The molecule has 230 valence electrons. The van der Waals surface area contributed by atoms with Gasteiger partial charge in [-0.25, -0.2) is 0 Å². The van der Waals surface area contributed by atoms with E-state index in [9.17, 15) is 0 Å². The van der Waals surface area contributed by atoms with Gasteiger partial charge in [0.2, 0.25) is 0 Å². The van der Waals surface area contributed by atoms with Crippen molar-refractivity contribution in [2.45, 2.75) is 0 Å². The normalized spacial score (nSPS) is 11.7. The molecule has 10 aromatic rings. The molecule has 2 nitrogen and oxygen atoms in total. The van der Waals surface area contributed by atoms with Crippen LogP contribution in [-0.4, -0.2) is 0 Å². The van der Waals surface area contributed by atoms with Gasteiger partial charge >= 0.3 is 0 Å². The van der Waals surface area contributed by atoms with E-state index < -0.39 is 0 Å². The smallest absolute Gasteiger partial charge is 0.136 e. The van der Waals surface area contributed by atoms with Gasteiger partial charge in [-0.05, 0) is 70.4 Å². The fourth-order valence-electron chi connectivity index (χ4n) is 7.49. The minimum Gasteiger partial charge on any atom is -0.456 e. The zero-order valence-corrected chi connectivity index (χ0v) is 27.3. The molecule has 0 amide bonds. The van der Waals surface area contributed by atoms with E-state index in [0.29, 0.717) is 0 Å². The van der Waals surface area contributed by atoms with Crippen LogP contribution in [-0.2, 0) is 0 Å². The fourth-order valence-corrected chi connectivity index (χ4v) is 8.62. The highest BCUT2D eigenvalue weighted by Gasteiger charge is 2.24. The third kappa shape index (κ3) is 4.47. The largest absolute Gasteiger partial charge is 0.456 e. The number of anilines is 3. The number of benzene rings is 8. The lowest BCUT2D eigenvalue weighted by atomic mass is 9.95. The Kier molecular flexibility index (Phi) is 6.39. The summed E-state index contributed by atoms with van der Waals surface area (Å²) >= 11 is 1.85. The molecule has 0 N–H and O–H groups in total. The highest BCUT2D eigenvalue weighted by molar-refractivity contribution is 7.26. The summed E-state index contributed by atoms with van der Waals surface area (Å²) in [6.07, 6.45) is 0. The first-order valence-electron chi connectivity index (χ1n) is 16.6. The van der Waals surface area contributed by atoms with Crippen molar-refractivity contribution in [1.29, 1.82) is 0 Å². The second-order valence-corrected chi connectivity index (χ2v) is 13.5. The third-order valence-electron chi connectivity index (χ3n) is 9.68. The summed E-state index contributed by atoms with van der Waals surface area (Å²) in [5.41, 5.74) is 9.81. The van der Waals surface area contributed by atoms with Gasteiger partial charge in [-0.15, -0.1) is 11.3 Å². The molecule has 10 rings (SSSR count). The Morgan fingerprint density at radius 3 is 1.88 bits per heavy atom. The number of para-hydroxylation sites is 3. The number of rotatable bonds is 5. The molecule has 0 bridgehead atoms. The highest BCUT2D eigenvalue weighted by atomic mass is 32.1. The lowest BCUT2D eigenvalue weighted by Gasteiger charge is -2.30. The van der Waals surface area contributed by atoms with E-state index in [0.717, 1.165) is 50.1 Å². The van der Waals surface area contributed by atoms with Gasteiger partial charge in [-0.2, -0.15) is 0 Å². The SMILES string of the molecule is c1ccc(N(c2ccccc2-c2cccc3ccccc23)c2cccc3sc4ccccc4c23)c(-c2ccc3c(c2)oc2ccccc23)c1. The Balaban J connectivity index is 1.28. The molecular formula is C46H29NOS. The lowest BCUT2D eigenvalue weighted by molar-refractivity contribution is 0.669. The van der Waals surface area contributed by atoms with Gasteiger partial charge < -0.3 is 9.32 Å². The van der Waals surface area contributed by atoms with Crippen LogP contribution < -0.4 is 4.90 Å². The van der Waals surface area contributed by atoms with E-state index in [1.54, 1.807) is 0 Å². The maximum absolute atomic E-state index is 6.39. The van der Waals surface area contributed by atoms with Gasteiger partial charge in [0.1, 0.15) is 11.2 Å². The van der Waals surface area contributed by atoms with Gasteiger partial charge in [0.05, 0.1) is 17.1 Å². The summed E-state index contributed by atoms with van der Waals surface area (Å²) in [6, 6.07) is 63.3. The Bertz CT molecular complexity index is 2850. The Morgan fingerprint density at radius 2 is 0.980 bits per heavy atom. The molecular weight excluding hydrogens is 615 g/mol. The Labute approximate surface area is 287 Å². The molecule has 0 unspecified atom stereocenters. The molecule has 49 heavy (non-hydrogen) atoms. The van der Waals surface area contributed by atoms with Crippen LogP contribution >= 0.6 is 11.3 Å². The first-order chi connectivity index (χ1) is 24.3. The molecule has 0 saturated carbocycles. The molecule has 2 aromatic heterocycles. The van der Waals surface area contributed by atoms with E-state index >= 15 is 0 Å². The number of fused-ring (bicyclic) bond motifs is 7. The Morgan fingerprint density at radius 1 is 0.388 bits per heavy atom. The van der Waals surface area contributed by atoms with Crippen molar-refractivity contribution in [3.63, 3.8) is 0 Å². The fraction of sp³-hybridized carbons (Fsp3) is 0. The predicted molar refractivity (Wildman–Crippen MR) is 210 cm³/mol. The third-order valence-corrected chi connectivity index (χ3v) is 10.8. The first-order valence-corrected chi connectivity index (χ1v) is 17.4. The summed E-state index contributed by atoms with van der Waals surface area (Å²) in [7, 11) is 0. The molecule has 2 heterocycles. The van der Waals surface area contributed by atoms with Crippen LogP contribution in [0, 0.1) is 0 Å². The number of nitrogens with zero attached hydrogens (tertiary/aromatic N) is 1. The van der Waals surface area contributed by atoms with Crippen molar-refractivity contribution in [3.05, 3.63) is 176 Å². The molecule has 0 aliphatic rings. The van der Waals surface area contributed by atoms with Crippen molar-refractivity contribution in [1.82, 2.24) is 0 Å². The van der Waals surface area contributed by atoms with Gasteiger partial charge in [0.15, 0.2) is 0 Å². The summed E-state index contributed by atoms with van der Waals surface area (Å²) in [4.78, 5) is 2.48.